The maximum Gasteiger partial charge on any atom is 0.243 e. The highest BCUT2D eigenvalue weighted by Crippen LogP contribution is 2.38. The van der Waals surface area contributed by atoms with Crippen LogP contribution in [0.1, 0.15) is 13.3 Å². The molecule has 3 rings (SSSR count). The number of amides is 1. The van der Waals surface area contributed by atoms with Gasteiger partial charge in [0.15, 0.2) is 0 Å². The number of fused-ring (bicyclic) bond motifs is 1. The quantitative estimate of drug-likeness (QED) is 0.783. The number of hydrogen-bond acceptors (Lipinski definition) is 5. The van der Waals surface area contributed by atoms with Gasteiger partial charge in [-0.1, -0.05) is 24.6 Å². The Balaban J connectivity index is 1.77. The van der Waals surface area contributed by atoms with Gasteiger partial charge in [-0.05, 0) is 42.8 Å². The molecule has 1 heterocycles. The monoisotopic (exact) mass is 425 g/mol. The fourth-order valence-corrected chi connectivity index (χ4v) is 4.70. The summed E-state index contributed by atoms with van der Waals surface area (Å²) in [5, 5.41) is 8.93. The molecule has 6 nitrogen and oxygen atoms in total. The number of halogens is 1. The van der Waals surface area contributed by atoms with Gasteiger partial charge in [0, 0.05) is 27.4 Å². The van der Waals surface area contributed by atoms with E-state index in [1.54, 1.807) is 17.8 Å². The number of sulfonamides is 1. The number of benzene rings is 2. The summed E-state index contributed by atoms with van der Waals surface area (Å²) in [5.41, 5.74) is 1.32. The van der Waals surface area contributed by atoms with Gasteiger partial charge in [-0.3, -0.25) is 4.79 Å². The SMILES string of the molecule is C[C@@H]1CCN(CC(=O)Nc2cccc(S(N)(=O)=O)c2)c2cc(Cl)ccc2S1. The molecule has 2 aromatic carbocycles. The standard InChI is InChI=1S/C18H20ClN3O3S2/c1-12-7-8-22(16-9-13(19)5-6-17(16)26-12)11-18(23)21-14-3-2-4-15(10-14)27(20,24)25/h2-6,9-10,12H,7-8,11H2,1H3,(H,21,23)(H2,20,24,25)/t12-/m1/s1. The summed E-state index contributed by atoms with van der Waals surface area (Å²) < 4.78 is 22.9. The van der Waals surface area contributed by atoms with Crippen LogP contribution in [-0.2, 0) is 14.8 Å². The summed E-state index contributed by atoms with van der Waals surface area (Å²) in [6, 6.07) is 11.6. The lowest BCUT2D eigenvalue weighted by molar-refractivity contribution is -0.115. The van der Waals surface area contributed by atoms with Crippen molar-refractivity contribution in [2.24, 2.45) is 5.14 Å². The zero-order chi connectivity index (χ0) is 19.6. The van der Waals surface area contributed by atoms with E-state index in [4.69, 9.17) is 16.7 Å². The minimum atomic E-state index is -3.82. The first-order chi connectivity index (χ1) is 12.7. The summed E-state index contributed by atoms with van der Waals surface area (Å²) in [6.07, 6.45) is 0.936. The average Bonchev–Trinajstić information content (AvgIpc) is 2.73. The lowest BCUT2D eigenvalue weighted by Crippen LogP contribution is -2.34. The van der Waals surface area contributed by atoms with Crippen molar-refractivity contribution in [2.75, 3.05) is 23.3 Å². The number of nitrogens with two attached hydrogens (primary N) is 1. The second kappa shape index (κ2) is 8.10. The van der Waals surface area contributed by atoms with E-state index in [0.717, 1.165) is 23.5 Å². The molecule has 0 fully saturated rings. The highest BCUT2D eigenvalue weighted by Gasteiger charge is 2.22. The van der Waals surface area contributed by atoms with Gasteiger partial charge in [0.25, 0.3) is 0 Å². The van der Waals surface area contributed by atoms with Crippen molar-refractivity contribution < 1.29 is 13.2 Å². The van der Waals surface area contributed by atoms with Gasteiger partial charge in [0.1, 0.15) is 0 Å². The van der Waals surface area contributed by atoms with Crippen LogP contribution in [0, 0.1) is 0 Å². The maximum absolute atomic E-state index is 12.6. The number of nitrogens with zero attached hydrogens (tertiary/aromatic N) is 1. The average molecular weight is 426 g/mol. The Morgan fingerprint density at radius 1 is 1.33 bits per heavy atom. The van der Waals surface area contributed by atoms with E-state index in [-0.39, 0.29) is 17.3 Å². The normalized spacial score (nSPS) is 17.1. The Morgan fingerprint density at radius 3 is 2.85 bits per heavy atom. The minimum absolute atomic E-state index is 0.0441. The molecule has 0 aliphatic carbocycles. The molecule has 0 aromatic heterocycles. The number of rotatable bonds is 4. The molecular formula is C18H20ClN3O3S2. The Morgan fingerprint density at radius 2 is 2.11 bits per heavy atom. The van der Waals surface area contributed by atoms with Crippen molar-refractivity contribution in [3.05, 3.63) is 47.5 Å². The Kier molecular flexibility index (Phi) is 6.00. The topological polar surface area (TPSA) is 92.5 Å². The highest BCUT2D eigenvalue weighted by atomic mass is 35.5. The van der Waals surface area contributed by atoms with Gasteiger partial charge < -0.3 is 10.2 Å². The van der Waals surface area contributed by atoms with E-state index >= 15 is 0 Å². The van der Waals surface area contributed by atoms with Crippen LogP contribution in [0.5, 0.6) is 0 Å². The number of anilines is 2. The maximum atomic E-state index is 12.6. The third-order valence-corrected chi connectivity index (χ3v) is 6.56. The van der Waals surface area contributed by atoms with E-state index in [9.17, 15) is 13.2 Å². The molecule has 0 radical (unpaired) electrons. The highest BCUT2D eigenvalue weighted by molar-refractivity contribution is 8.00. The van der Waals surface area contributed by atoms with E-state index in [2.05, 4.69) is 12.2 Å². The fraction of sp³-hybridized carbons (Fsp3) is 0.278. The first-order valence-electron chi connectivity index (χ1n) is 8.36. The van der Waals surface area contributed by atoms with Crippen molar-refractivity contribution in [3.8, 4) is 0 Å². The summed E-state index contributed by atoms with van der Waals surface area (Å²) in [4.78, 5) is 15.6. The van der Waals surface area contributed by atoms with E-state index in [0.29, 0.717) is 16.0 Å². The van der Waals surface area contributed by atoms with Gasteiger partial charge in [0.05, 0.1) is 17.1 Å². The third-order valence-electron chi connectivity index (χ3n) is 4.18. The van der Waals surface area contributed by atoms with Crippen LogP contribution < -0.4 is 15.4 Å². The third kappa shape index (κ3) is 5.16. The summed E-state index contributed by atoms with van der Waals surface area (Å²) in [7, 11) is -3.82. The van der Waals surface area contributed by atoms with Gasteiger partial charge in [-0.25, -0.2) is 13.6 Å². The number of primary sulfonamides is 1. The van der Waals surface area contributed by atoms with E-state index < -0.39 is 10.0 Å². The Bertz CT molecular complexity index is 966. The molecule has 1 amide bonds. The van der Waals surface area contributed by atoms with Gasteiger partial charge in [-0.15, -0.1) is 11.8 Å². The van der Waals surface area contributed by atoms with E-state index in [1.807, 2.05) is 23.1 Å². The van der Waals surface area contributed by atoms with Crippen molar-refractivity contribution in [1.82, 2.24) is 0 Å². The lowest BCUT2D eigenvalue weighted by atomic mass is 10.2. The van der Waals surface area contributed by atoms with Gasteiger partial charge in [-0.2, -0.15) is 0 Å². The molecule has 1 aliphatic heterocycles. The fourth-order valence-electron chi connectivity index (χ4n) is 2.86. The molecule has 0 saturated heterocycles. The van der Waals surface area contributed by atoms with Crippen molar-refractivity contribution in [2.45, 2.75) is 28.4 Å². The number of carbonyl (C=O) groups excluding carboxylic acids is 1. The van der Waals surface area contributed by atoms with Crippen LogP contribution >= 0.6 is 23.4 Å². The molecule has 0 saturated carbocycles. The second-order valence-electron chi connectivity index (χ2n) is 6.37. The predicted octanol–water partition coefficient (Wildman–Crippen LogP) is 3.32. The van der Waals surface area contributed by atoms with Crippen LogP contribution in [0.15, 0.2) is 52.3 Å². The molecular weight excluding hydrogens is 406 g/mol. The van der Waals surface area contributed by atoms with Crippen LogP contribution in [0.4, 0.5) is 11.4 Å². The molecule has 0 spiro atoms. The van der Waals surface area contributed by atoms with Crippen LogP contribution in [0.2, 0.25) is 5.02 Å². The lowest BCUT2D eigenvalue weighted by Gasteiger charge is -2.24. The second-order valence-corrected chi connectivity index (χ2v) is 9.85. The molecule has 3 N–H and O–H groups in total. The largest absolute Gasteiger partial charge is 0.361 e. The van der Waals surface area contributed by atoms with Crippen molar-refractivity contribution >= 4 is 50.7 Å². The first kappa shape index (κ1) is 20.0. The Labute approximate surface area is 168 Å². The zero-order valence-electron chi connectivity index (χ0n) is 14.7. The zero-order valence-corrected chi connectivity index (χ0v) is 17.1. The van der Waals surface area contributed by atoms with Crippen molar-refractivity contribution in [1.29, 1.82) is 0 Å². The first-order valence-corrected chi connectivity index (χ1v) is 11.2. The van der Waals surface area contributed by atoms with Gasteiger partial charge in [0.2, 0.25) is 15.9 Å². The van der Waals surface area contributed by atoms with Crippen LogP contribution in [0.3, 0.4) is 0 Å². The molecule has 1 aliphatic rings. The molecule has 0 unspecified atom stereocenters. The molecule has 9 heteroatoms. The summed E-state index contributed by atoms with van der Waals surface area (Å²) >= 11 is 7.92. The molecule has 144 valence electrons. The molecule has 0 bridgehead atoms. The van der Waals surface area contributed by atoms with Crippen LogP contribution in [0.25, 0.3) is 0 Å². The van der Waals surface area contributed by atoms with Gasteiger partial charge >= 0.3 is 0 Å². The Hall–Kier alpha value is -1.74. The molecule has 2 aromatic rings. The predicted molar refractivity (Wildman–Crippen MR) is 110 cm³/mol. The number of thioether (sulfide) groups is 1. The molecule has 1 atom stereocenters. The number of carbonyl (C=O) groups is 1. The van der Waals surface area contributed by atoms with Crippen LogP contribution in [-0.4, -0.2) is 32.7 Å². The number of hydrogen-bond donors (Lipinski definition) is 2. The molecule has 27 heavy (non-hydrogen) atoms. The smallest absolute Gasteiger partial charge is 0.243 e. The summed E-state index contributed by atoms with van der Waals surface area (Å²) in [6.45, 7) is 3.03. The summed E-state index contributed by atoms with van der Waals surface area (Å²) in [5.74, 6) is -0.243. The van der Waals surface area contributed by atoms with E-state index in [1.165, 1.54) is 18.2 Å². The number of nitrogens with one attached hydrogen (secondary N) is 1. The van der Waals surface area contributed by atoms with Crippen molar-refractivity contribution in [3.63, 3.8) is 0 Å². The minimum Gasteiger partial charge on any atom is -0.361 e.